The molecular formula is C60H89B2N5O8. The van der Waals surface area contributed by atoms with E-state index in [1.54, 1.807) is 4.90 Å². The molecule has 2 aromatic rings. The Morgan fingerprint density at radius 3 is 1.24 bits per heavy atom. The van der Waals surface area contributed by atoms with Gasteiger partial charge in [-0.15, -0.1) is 0 Å². The topological polar surface area (TPSA) is 114 Å². The summed E-state index contributed by atoms with van der Waals surface area (Å²) in [6, 6.07) is 14.7. The number of amides is 3. The molecule has 408 valence electrons. The average molecular weight is 1030 g/mol. The molecule has 2 aromatic carbocycles. The molecule has 0 unspecified atom stereocenters. The van der Waals surface area contributed by atoms with Gasteiger partial charge in [0.15, 0.2) is 0 Å². The van der Waals surface area contributed by atoms with Crippen molar-refractivity contribution in [1.82, 2.24) is 14.7 Å². The minimum absolute atomic E-state index is 0.199. The Bertz CT molecular complexity index is 2460. The molecule has 12 rings (SSSR count). The molecule has 0 N–H and O–H groups in total. The van der Waals surface area contributed by atoms with Gasteiger partial charge in [0.2, 0.25) is 11.8 Å². The summed E-state index contributed by atoms with van der Waals surface area (Å²) in [4.78, 5) is 52.9. The largest absolute Gasteiger partial charge is 0.494 e. The second-order valence-corrected chi connectivity index (χ2v) is 27.5. The van der Waals surface area contributed by atoms with E-state index in [1.165, 1.54) is 76.7 Å². The van der Waals surface area contributed by atoms with Crippen molar-refractivity contribution >= 4 is 54.4 Å². The summed E-state index contributed by atoms with van der Waals surface area (Å²) in [7, 11) is -0.868. The smallest absolute Gasteiger partial charge is 0.444 e. The zero-order valence-corrected chi connectivity index (χ0v) is 47.7. The quantitative estimate of drug-likeness (QED) is 0.260. The fraction of sp³-hybridized carbons (Fsp3) is 0.750. The molecule has 15 heteroatoms. The lowest BCUT2D eigenvalue weighted by Gasteiger charge is -2.48. The summed E-state index contributed by atoms with van der Waals surface area (Å²) in [6.07, 6.45) is 18.6. The molecule has 3 amide bonds. The fourth-order valence-electron chi connectivity index (χ4n) is 14.4. The summed E-state index contributed by atoms with van der Waals surface area (Å²) in [6.45, 7) is 28.2. The fourth-order valence-corrected chi connectivity index (χ4v) is 14.4. The highest BCUT2D eigenvalue weighted by molar-refractivity contribution is 6.62. The van der Waals surface area contributed by atoms with Crippen molar-refractivity contribution in [3.8, 4) is 0 Å². The number of benzene rings is 2. The maximum absolute atomic E-state index is 14.5. The summed E-state index contributed by atoms with van der Waals surface area (Å²) in [5.74, 6) is 0.569. The van der Waals surface area contributed by atoms with Crippen LogP contribution in [0.1, 0.15) is 196 Å². The average Bonchev–Trinajstić information content (AvgIpc) is 3.90. The number of carbonyl (C=O) groups is 3. The van der Waals surface area contributed by atoms with Gasteiger partial charge in [-0.25, -0.2) is 4.79 Å². The van der Waals surface area contributed by atoms with Crippen molar-refractivity contribution in [2.75, 3.05) is 49.1 Å². The Kier molecular flexibility index (Phi) is 13.9. The third kappa shape index (κ3) is 9.42. The Balaban J connectivity index is 0.000000163. The van der Waals surface area contributed by atoms with E-state index in [4.69, 9.17) is 23.4 Å². The standard InChI is InChI=1S/C32H48BN3O5.C28H41BN2O3/c1-29(2,3)39-28(38)35-17-13-32(14-18-35)25-12-11-22(33-40-30(4,5)31(6,7)41-33)19-26(25)36(27(32)37)24-20-23(21-24)34-15-9-8-10-16-34;1-26(2)27(3,4)34-29(33-26)20-11-12-23-24(17-20)31(25(32)28(23)13-7-5-8-14-28)22-18-21(19-22)30-15-9-6-10-16-30/h11-12,19,23-24H,8-10,13-18,20-21H2,1-7H3;11-12,17,21-22H,5-10,13-16,18-19H2,1-4H3. The second-order valence-electron chi connectivity index (χ2n) is 27.5. The zero-order valence-electron chi connectivity index (χ0n) is 47.7. The monoisotopic (exact) mass is 1030 g/mol. The summed E-state index contributed by atoms with van der Waals surface area (Å²) in [5.41, 5.74) is 3.43. The molecule has 0 radical (unpaired) electrons. The van der Waals surface area contributed by atoms with Gasteiger partial charge in [-0.3, -0.25) is 9.59 Å². The number of hydrogen-bond donors (Lipinski definition) is 0. The van der Waals surface area contributed by atoms with Crippen LogP contribution < -0.4 is 20.7 Å². The number of rotatable bonds is 6. The van der Waals surface area contributed by atoms with Gasteiger partial charge in [0.05, 0.1) is 33.2 Å². The number of piperidine rings is 3. The Hall–Kier alpha value is -3.46. The number of nitrogens with zero attached hydrogens (tertiary/aromatic N) is 5. The molecule has 0 atom stereocenters. The number of hydrogen-bond acceptors (Lipinski definition) is 10. The molecule has 10 aliphatic rings. The van der Waals surface area contributed by atoms with E-state index in [9.17, 15) is 14.4 Å². The number of ether oxygens (including phenoxy) is 1. The van der Waals surface area contributed by atoms with Crippen LogP contribution in [0.3, 0.4) is 0 Å². The lowest BCUT2D eigenvalue weighted by Crippen LogP contribution is -2.58. The first-order valence-electron chi connectivity index (χ1n) is 29.6. The number of anilines is 2. The van der Waals surface area contributed by atoms with Gasteiger partial charge in [-0.05, 0) is 214 Å². The van der Waals surface area contributed by atoms with Crippen LogP contribution in [0.4, 0.5) is 16.2 Å². The molecule has 75 heavy (non-hydrogen) atoms. The number of fused-ring (bicyclic) bond motifs is 4. The molecule has 2 spiro atoms. The zero-order chi connectivity index (χ0) is 53.1. The van der Waals surface area contributed by atoms with Crippen molar-refractivity contribution in [3.05, 3.63) is 47.5 Å². The molecule has 3 saturated carbocycles. The first-order chi connectivity index (χ1) is 35.4. The van der Waals surface area contributed by atoms with Crippen molar-refractivity contribution < 1.29 is 37.7 Å². The maximum Gasteiger partial charge on any atom is 0.494 e. The van der Waals surface area contributed by atoms with Gasteiger partial charge in [0, 0.05) is 48.6 Å². The summed E-state index contributed by atoms with van der Waals surface area (Å²) in [5, 5.41) is 0. The maximum atomic E-state index is 14.5. The lowest BCUT2D eigenvalue weighted by molar-refractivity contribution is -0.126. The lowest BCUT2D eigenvalue weighted by atomic mass is 9.69. The van der Waals surface area contributed by atoms with Crippen LogP contribution in [-0.2, 0) is 43.8 Å². The van der Waals surface area contributed by atoms with E-state index in [2.05, 4.69) is 111 Å². The molecule has 13 nitrogen and oxygen atoms in total. The predicted octanol–water partition coefficient (Wildman–Crippen LogP) is 9.17. The van der Waals surface area contributed by atoms with E-state index in [1.807, 2.05) is 20.8 Å². The minimum Gasteiger partial charge on any atom is -0.444 e. The number of likely N-dealkylation sites (tertiary alicyclic amines) is 3. The van der Waals surface area contributed by atoms with Crippen LogP contribution in [0.25, 0.3) is 0 Å². The predicted molar refractivity (Wildman–Crippen MR) is 297 cm³/mol. The van der Waals surface area contributed by atoms with E-state index < -0.39 is 36.5 Å². The Morgan fingerprint density at radius 1 is 0.507 bits per heavy atom. The Labute approximate surface area is 450 Å². The van der Waals surface area contributed by atoms with Gasteiger partial charge in [0.1, 0.15) is 5.60 Å². The molecule has 8 fully saturated rings. The summed E-state index contributed by atoms with van der Waals surface area (Å²) < 4.78 is 31.2. The molecule has 7 heterocycles. The third-order valence-electron chi connectivity index (χ3n) is 20.6. The van der Waals surface area contributed by atoms with Gasteiger partial charge in [-0.2, -0.15) is 0 Å². The van der Waals surface area contributed by atoms with Gasteiger partial charge in [-0.1, -0.05) is 56.4 Å². The molecule has 7 aliphatic heterocycles. The van der Waals surface area contributed by atoms with Crippen LogP contribution in [-0.4, -0.2) is 138 Å². The van der Waals surface area contributed by atoms with Crippen LogP contribution in [0.2, 0.25) is 0 Å². The van der Waals surface area contributed by atoms with Crippen molar-refractivity contribution in [2.45, 2.75) is 248 Å². The van der Waals surface area contributed by atoms with Crippen molar-refractivity contribution in [3.63, 3.8) is 0 Å². The van der Waals surface area contributed by atoms with Crippen LogP contribution in [0.15, 0.2) is 36.4 Å². The SMILES string of the molecule is CC(C)(C)OC(=O)N1CCC2(CC1)C(=O)N(C1CC(N3CCCCC3)C1)c1cc(B3OC(C)(C)C(C)(C)O3)ccc12.CC1(C)OB(c2ccc3c(c2)N(C2CC(N4CCCCC4)C2)C(=O)C32CCCCC2)OC1(C)C. The first-order valence-corrected chi connectivity index (χ1v) is 29.6. The normalized spacial score (nSPS) is 30.5. The van der Waals surface area contributed by atoms with Gasteiger partial charge < -0.3 is 47.9 Å². The van der Waals surface area contributed by atoms with E-state index in [0.29, 0.717) is 50.0 Å². The highest BCUT2D eigenvalue weighted by Crippen LogP contribution is 2.54. The van der Waals surface area contributed by atoms with E-state index in [0.717, 1.165) is 79.2 Å². The van der Waals surface area contributed by atoms with Crippen LogP contribution >= 0.6 is 0 Å². The molecule has 5 saturated heterocycles. The van der Waals surface area contributed by atoms with E-state index in [-0.39, 0.29) is 34.7 Å². The van der Waals surface area contributed by atoms with Crippen molar-refractivity contribution in [1.29, 1.82) is 0 Å². The molecular weight excluding hydrogens is 940 g/mol. The molecule has 0 bridgehead atoms. The van der Waals surface area contributed by atoms with Crippen LogP contribution in [0.5, 0.6) is 0 Å². The van der Waals surface area contributed by atoms with Gasteiger partial charge in [0.25, 0.3) is 0 Å². The molecule has 3 aliphatic carbocycles. The molecule has 0 aromatic heterocycles. The van der Waals surface area contributed by atoms with Crippen molar-refractivity contribution in [2.24, 2.45) is 0 Å². The summed E-state index contributed by atoms with van der Waals surface area (Å²) >= 11 is 0. The highest BCUT2D eigenvalue weighted by atomic mass is 16.7. The first kappa shape index (κ1) is 53.5. The van der Waals surface area contributed by atoms with E-state index >= 15 is 0 Å². The highest BCUT2D eigenvalue weighted by Gasteiger charge is 2.59. The Morgan fingerprint density at radius 2 is 0.867 bits per heavy atom. The second kappa shape index (κ2) is 19.4. The minimum atomic E-state index is -0.613. The van der Waals surface area contributed by atoms with Gasteiger partial charge >= 0.3 is 20.3 Å². The third-order valence-corrected chi connectivity index (χ3v) is 20.6. The number of carbonyl (C=O) groups excluding carboxylic acids is 3. The van der Waals surface area contributed by atoms with Crippen LogP contribution in [0, 0.1) is 0 Å².